The Morgan fingerprint density at radius 2 is 1.33 bits per heavy atom. The smallest absolute Gasteiger partial charge is 0.450 e. The number of hydrogen-bond donors (Lipinski definition) is 3. The van der Waals surface area contributed by atoms with Crippen LogP contribution in [0.2, 0.25) is 0 Å². The van der Waals surface area contributed by atoms with E-state index in [-0.39, 0.29) is 5.54 Å². The predicted octanol–water partition coefficient (Wildman–Crippen LogP) is 0.966. The lowest BCUT2D eigenvalue weighted by Gasteiger charge is -2.06. The molecule has 4 N–H and O–H groups in total. The van der Waals surface area contributed by atoms with Crippen LogP contribution in [0.3, 0.4) is 0 Å². The zero-order chi connectivity index (χ0) is 8.08. The lowest BCUT2D eigenvalue weighted by atomic mass is 10.1. The molecule has 4 heteroatoms. The van der Waals surface area contributed by atoms with Crippen molar-refractivity contribution < 1.29 is 15.0 Å². The van der Waals surface area contributed by atoms with E-state index < -0.39 is 6.16 Å². The molecule has 0 aliphatic heterocycles. The van der Waals surface area contributed by atoms with Gasteiger partial charge in [0.25, 0.3) is 0 Å². The third-order valence-corrected chi connectivity index (χ3v) is 0. The van der Waals surface area contributed by atoms with Gasteiger partial charge < -0.3 is 15.9 Å². The summed E-state index contributed by atoms with van der Waals surface area (Å²) in [5.74, 6) is 0. The van der Waals surface area contributed by atoms with E-state index in [1.54, 1.807) is 0 Å². The molecule has 0 aromatic rings. The predicted molar refractivity (Wildman–Crippen MR) is 34.6 cm³/mol. The summed E-state index contributed by atoms with van der Waals surface area (Å²) in [6.45, 7) is 5.90. The molecule has 56 valence electrons. The average Bonchev–Trinajstić information content (AvgIpc) is 1.19. The van der Waals surface area contributed by atoms with E-state index in [2.05, 4.69) is 0 Å². The first-order valence-electron chi connectivity index (χ1n) is 2.44. The second kappa shape index (κ2) is 4.14. The quantitative estimate of drug-likeness (QED) is 0.462. The first kappa shape index (κ1) is 11.1. The summed E-state index contributed by atoms with van der Waals surface area (Å²) >= 11 is 0. The zero-order valence-electron chi connectivity index (χ0n) is 5.88. The number of carbonyl (C=O) groups is 1. The van der Waals surface area contributed by atoms with Crippen LogP contribution in [0.15, 0.2) is 0 Å². The van der Waals surface area contributed by atoms with Gasteiger partial charge in [0.15, 0.2) is 0 Å². The van der Waals surface area contributed by atoms with Crippen LogP contribution >= 0.6 is 0 Å². The van der Waals surface area contributed by atoms with Gasteiger partial charge in [0.1, 0.15) is 0 Å². The van der Waals surface area contributed by atoms with E-state index in [0.29, 0.717) is 0 Å². The van der Waals surface area contributed by atoms with Crippen LogP contribution < -0.4 is 5.73 Å². The molecule has 9 heavy (non-hydrogen) atoms. The molecule has 0 amide bonds. The average molecular weight is 135 g/mol. The Kier molecular flexibility index (Phi) is 5.10. The molecule has 0 spiro atoms. The van der Waals surface area contributed by atoms with Crippen molar-refractivity contribution in [2.45, 2.75) is 26.3 Å². The Balaban J connectivity index is 0. The minimum atomic E-state index is -1.83. The number of hydrogen-bond acceptors (Lipinski definition) is 2. The highest BCUT2D eigenvalue weighted by molar-refractivity contribution is 5.53. The van der Waals surface area contributed by atoms with Crippen LogP contribution in [0.1, 0.15) is 20.8 Å². The van der Waals surface area contributed by atoms with Crippen molar-refractivity contribution in [2.24, 2.45) is 5.73 Å². The summed E-state index contributed by atoms with van der Waals surface area (Å²) in [7, 11) is 0. The summed E-state index contributed by atoms with van der Waals surface area (Å²) in [4.78, 5) is 8.56. The fourth-order valence-corrected chi connectivity index (χ4v) is 0. The summed E-state index contributed by atoms with van der Waals surface area (Å²) in [5, 5.41) is 13.9. The molecule has 0 aromatic carbocycles. The summed E-state index contributed by atoms with van der Waals surface area (Å²) in [5.41, 5.74) is 5.35. The van der Waals surface area contributed by atoms with Crippen molar-refractivity contribution >= 4 is 6.16 Å². The molecule has 0 fully saturated rings. The highest BCUT2D eigenvalue weighted by Crippen LogP contribution is 1.88. The maximum atomic E-state index is 8.56. The maximum Gasteiger partial charge on any atom is 0.503 e. The molecule has 0 aliphatic rings. The van der Waals surface area contributed by atoms with Crippen molar-refractivity contribution in [2.75, 3.05) is 0 Å². The van der Waals surface area contributed by atoms with Gasteiger partial charge in [-0.2, -0.15) is 0 Å². The molecule has 0 saturated heterocycles. The number of rotatable bonds is 0. The SMILES string of the molecule is CC(C)(C)N.O=C(O)O. The van der Waals surface area contributed by atoms with Gasteiger partial charge in [-0.05, 0) is 20.8 Å². The Morgan fingerprint density at radius 1 is 1.33 bits per heavy atom. The van der Waals surface area contributed by atoms with E-state index in [4.69, 9.17) is 20.7 Å². The van der Waals surface area contributed by atoms with Gasteiger partial charge in [0, 0.05) is 5.54 Å². The summed E-state index contributed by atoms with van der Waals surface area (Å²) in [6, 6.07) is 0. The normalized spacial score (nSPS) is 9.33. The zero-order valence-corrected chi connectivity index (χ0v) is 5.88. The monoisotopic (exact) mass is 135 g/mol. The van der Waals surface area contributed by atoms with Crippen molar-refractivity contribution in [3.05, 3.63) is 0 Å². The first-order chi connectivity index (χ1) is 3.73. The van der Waals surface area contributed by atoms with E-state index in [9.17, 15) is 0 Å². The van der Waals surface area contributed by atoms with Gasteiger partial charge in [0.2, 0.25) is 0 Å². The molecule has 0 bridgehead atoms. The number of nitrogens with two attached hydrogens (primary N) is 1. The fraction of sp³-hybridized carbons (Fsp3) is 0.800. The lowest BCUT2D eigenvalue weighted by molar-refractivity contribution is 0.137. The Hall–Kier alpha value is -0.770. The van der Waals surface area contributed by atoms with Gasteiger partial charge in [-0.3, -0.25) is 0 Å². The van der Waals surface area contributed by atoms with Crippen LogP contribution in [0.4, 0.5) is 4.79 Å². The molecule has 0 atom stereocenters. The third-order valence-electron chi connectivity index (χ3n) is 0. The van der Waals surface area contributed by atoms with Crippen LogP contribution in [-0.4, -0.2) is 21.9 Å². The largest absolute Gasteiger partial charge is 0.503 e. The highest BCUT2D eigenvalue weighted by Gasteiger charge is 1.95. The van der Waals surface area contributed by atoms with E-state index in [1.807, 2.05) is 20.8 Å². The van der Waals surface area contributed by atoms with E-state index in [1.165, 1.54) is 0 Å². The topological polar surface area (TPSA) is 83.6 Å². The minimum absolute atomic E-state index is 0. The highest BCUT2D eigenvalue weighted by atomic mass is 16.6. The van der Waals surface area contributed by atoms with Gasteiger partial charge in [-0.25, -0.2) is 4.79 Å². The Bertz CT molecular complexity index is 74.7. The molecular weight excluding hydrogens is 122 g/mol. The number of carboxylic acid groups (broad SMARTS) is 2. The van der Waals surface area contributed by atoms with Crippen molar-refractivity contribution in [1.29, 1.82) is 0 Å². The summed E-state index contributed by atoms with van der Waals surface area (Å²) in [6.07, 6.45) is -1.83. The molecule has 0 aliphatic carbocycles. The molecule has 4 nitrogen and oxygen atoms in total. The minimum Gasteiger partial charge on any atom is -0.450 e. The summed E-state index contributed by atoms with van der Waals surface area (Å²) < 4.78 is 0. The molecule has 0 rings (SSSR count). The van der Waals surface area contributed by atoms with Gasteiger partial charge in [-0.1, -0.05) is 0 Å². The molecule has 0 radical (unpaired) electrons. The van der Waals surface area contributed by atoms with Gasteiger partial charge in [0.05, 0.1) is 0 Å². The van der Waals surface area contributed by atoms with Crippen LogP contribution in [0, 0.1) is 0 Å². The van der Waals surface area contributed by atoms with Crippen LogP contribution in [0.25, 0.3) is 0 Å². The van der Waals surface area contributed by atoms with Crippen molar-refractivity contribution in [3.8, 4) is 0 Å². The molecule has 0 heterocycles. The second-order valence-corrected chi connectivity index (χ2v) is 2.65. The van der Waals surface area contributed by atoms with Gasteiger partial charge in [-0.15, -0.1) is 0 Å². The first-order valence-corrected chi connectivity index (χ1v) is 2.44. The van der Waals surface area contributed by atoms with E-state index in [0.717, 1.165) is 0 Å². The molecule has 0 aromatic heterocycles. The molecule has 0 unspecified atom stereocenters. The second-order valence-electron chi connectivity index (χ2n) is 2.65. The van der Waals surface area contributed by atoms with Crippen LogP contribution in [0.5, 0.6) is 0 Å². The van der Waals surface area contributed by atoms with E-state index >= 15 is 0 Å². The van der Waals surface area contributed by atoms with Gasteiger partial charge >= 0.3 is 6.16 Å². The maximum absolute atomic E-state index is 8.56. The van der Waals surface area contributed by atoms with Crippen LogP contribution in [-0.2, 0) is 0 Å². The van der Waals surface area contributed by atoms with Crippen molar-refractivity contribution in [1.82, 2.24) is 0 Å². The molecule has 0 saturated carbocycles. The molecular formula is C5H13NO3. The Labute approximate surface area is 54.3 Å². The lowest BCUT2D eigenvalue weighted by Crippen LogP contribution is -2.26. The Morgan fingerprint density at radius 3 is 1.33 bits per heavy atom. The third kappa shape index (κ3) is 334. The standard InChI is InChI=1S/C4H11N.CH2O3/c1-4(2,3)5;2-1(3)4/h5H2,1-3H3;(H2,2,3,4). The fourth-order valence-electron chi connectivity index (χ4n) is 0. The van der Waals surface area contributed by atoms with Crippen molar-refractivity contribution in [3.63, 3.8) is 0 Å².